The van der Waals surface area contributed by atoms with Gasteiger partial charge in [0.2, 0.25) is 5.91 Å². The zero-order valence-corrected chi connectivity index (χ0v) is 14.6. The van der Waals surface area contributed by atoms with Crippen LogP contribution in [-0.4, -0.2) is 57.6 Å². The number of carbonyl (C=O) groups excluding carboxylic acids is 2. The molecule has 130 valence electrons. The van der Waals surface area contributed by atoms with Crippen LogP contribution >= 0.6 is 0 Å². The van der Waals surface area contributed by atoms with E-state index in [-0.39, 0.29) is 18.4 Å². The van der Waals surface area contributed by atoms with Gasteiger partial charge in [-0.15, -0.1) is 0 Å². The first kappa shape index (κ1) is 17.0. The molecule has 2 aromatic rings. The van der Waals surface area contributed by atoms with E-state index in [1.807, 2.05) is 20.0 Å². The standard InChI is InChI=1S/C18H21N5O2/c1-12-6-15(8-19)23(10-12)17(24)11-21(2)18(25)13-4-5-14-9-20-22(3)16(14)7-13/h4-5,7,9,12,15H,6,10-11H2,1-3H3. The van der Waals surface area contributed by atoms with E-state index in [1.54, 1.807) is 35.0 Å². The van der Waals surface area contributed by atoms with Gasteiger partial charge in [-0.3, -0.25) is 14.3 Å². The lowest BCUT2D eigenvalue weighted by Crippen LogP contribution is -2.43. The number of aromatic nitrogens is 2. The molecule has 0 radical (unpaired) electrons. The topological polar surface area (TPSA) is 82.2 Å². The Labute approximate surface area is 146 Å². The Morgan fingerprint density at radius 1 is 1.44 bits per heavy atom. The van der Waals surface area contributed by atoms with E-state index in [4.69, 9.17) is 0 Å². The summed E-state index contributed by atoms with van der Waals surface area (Å²) >= 11 is 0. The summed E-state index contributed by atoms with van der Waals surface area (Å²) in [6.07, 6.45) is 2.43. The molecule has 0 N–H and O–H groups in total. The van der Waals surface area contributed by atoms with Gasteiger partial charge in [-0.25, -0.2) is 0 Å². The highest BCUT2D eigenvalue weighted by Gasteiger charge is 2.33. The first-order chi connectivity index (χ1) is 11.9. The minimum Gasteiger partial charge on any atom is -0.332 e. The quantitative estimate of drug-likeness (QED) is 0.846. The third kappa shape index (κ3) is 3.20. The van der Waals surface area contributed by atoms with Gasteiger partial charge in [-0.1, -0.05) is 13.0 Å². The summed E-state index contributed by atoms with van der Waals surface area (Å²) in [6.45, 7) is 2.56. The van der Waals surface area contributed by atoms with Gasteiger partial charge in [0.1, 0.15) is 6.04 Å². The molecule has 7 heteroatoms. The molecule has 2 heterocycles. The second-order valence-electron chi connectivity index (χ2n) is 6.73. The van der Waals surface area contributed by atoms with Crippen LogP contribution in [0.2, 0.25) is 0 Å². The number of hydrogen-bond donors (Lipinski definition) is 0. The van der Waals surface area contributed by atoms with Gasteiger partial charge in [0.05, 0.1) is 24.3 Å². The second kappa shape index (κ2) is 6.55. The number of hydrogen-bond acceptors (Lipinski definition) is 4. The molecular weight excluding hydrogens is 318 g/mol. The Morgan fingerprint density at radius 2 is 2.20 bits per heavy atom. The predicted octanol–water partition coefficient (Wildman–Crippen LogP) is 1.41. The first-order valence-electron chi connectivity index (χ1n) is 8.27. The Morgan fingerprint density at radius 3 is 2.92 bits per heavy atom. The highest BCUT2D eigenvalue weighted by atomic mass is 16.2. The lowest BCUT2D eigenvalue weighted by Gasteiger charge is -2.24. The number of likely N-dealkylation sites (tertiary alicyclic amines) is 1. The summed E-state index contributed by atoms with van der Waals surface area (Å²) < 4.78 is 1.71. The molecule has 1 aliphatic heterocycles. The SMILES string of the molecule is CC1CC(C#N)N(C(=O)CN(C)C(=O)c2ccc3cnn(C)c3c2)C1. The Balaban J connectivity index is 1.72. The molecule has 25 heavy (non-hydrogen) atoms. The maximum atomic E-state index is 12.6. The van der Waals surface area contributed by atoms with E-state index in [2.05, 4.69) is 11.2 Å². The summed E-state index contributed by atoms with van der Waals surface area (Å²) in [5, 5.41) is 14.3. The van der Waals surface area contributed by atoms with Gasteiger partial charge in [-0.2, -0.15) is 10.4 Å². The van der Waals surface area contributed by atoms with Crippen molar-refractivity contribution in [3.05, 3.63) is 30.0 Å². The number of carbonyl (C=O) groups is 2. The zero-order valence-electron chi connectivity index (χ0n) is 14.6. The number of fused-ring (bicyclic) bond motifs is 1. The molecule has 7 nitrogen and oxygen atoms in total. The molecule has 0 aliphatic carbocycles. The number of likely N-dealkylation sites (N-methyl/N-ethyl adjacent to an activating group) is 1. The molecule has 3 rings (SSSR count). The molecule has 0 spiro atoms. The van der Waals surface area contributed by atoms with E-state index in [9.17, 15) is 14.9 Å². The lowest BCUT2D eigenvalue weighted by molar-refractivity contribution is -0.131. The lowest BCUT2D eigenvalue weighted by atomic mass is 10.1. The maximum absolute atomic E-state index is 12.6. The Hall–Kier alpha value is -2.88. The Bertz CT molecular complexity index is 866. The second-order valence-corrected chi connectivity index (χ2v) is 6.73. The normalized spacial score (nSPS) is 19.8. The van der Waals surface area contributed by atoms with Crippen molar-refractivity contribution in [3.8, 4) is 6.07 Å². The van der Waals surface area contributed by atoms with Crippen LogP contribution in [0.1, 0.15) is 23.7 Å². The van der Waals surface area contributed by atoms with Crippen LogP contribution in [0.3, 0.4) is 0 Å². The van der Waals surface area contributed by atoms with E-state index in [0.717, 1.165) is 10.9 Å². The van der Waals surface area contributed by atoms with Crippen molar-refractivity contribution in [1.29, 1.82) is 5.26 Å². The fourth-order valence-corrected chi connectivity index (χ4v) is 3.31. The van der Waals surface area contributed by atoms with E-state index >= 15 is 0 Å². The minimum atomic E-state index is -0.392. The number of benzene rings is 1. The molecule has 2 atom stereocenters. The van der Waals surface area contributed by atoms with Crippen molar-refractivity contribution in [3.63, 3.8) is 0 Å². The average Bonchev–Trinajstić information content (AvgIpc) is 3.16. The van der Waals surface area contributed by atoms with Crippen LogP contribution in [0.25, 0.3) is 10.9 Å². The summed E-state index contributed by atoms with van der Waals surface area (Å²) in [5.41, 5.74) is 1.38. The summed E-state index contributed by atoms with van der Waals surface area (Å²) in [6, 6.07) is 7.15. The van der Waals surface area contributed by atoms with Crippen molar-refractivity contribution in [2.24, 2.45) is 13.0 Å². The predicted molar refractivity (Wildman–Crippen MR) is 92.6 cm³/mol. The first-order valence-corrected chi connectivity index (χ1v) is 8.27. The third-order valence-corrected chi connectivity index (χ3v) is 4.69. The number of nitriles is 1. The van der Waals surface area contributed by atoms with Crippen LogP contribution in [0, 0.1) is 17.2 Å². The Kier molecular flexibility index (Phi) is 4.45. The number of aryl methyl sites for hydroxylation is 1. The molecule has 1 aliphatic rings. The van der Waals surface area contributed by atoms with Crippen molar-refractivity contribution < 1.29 is 9.59 Å². The van der Waals surface area contributed by atoms with Crippen molar-refractivity contribution in [2.45, 2.75) is 19.4 Å². The van der Waals surface area contributed by atoms with Crippen molar-refractivity contribution in [1.82, 2.24) is 19.6 Å². The van der Waals surface area contributed by atoms with E-state index in [1.165, 1.54) is 4.90 Å². The molecule has 1 aromatic carbocycles. The molecule has 2 unspecified atom stereocenters. The molecule has 0 bridgehead atoms. The average molecular weight is 339 g/mol. The zero-order chi connectivity index (χ0) is 18.1. The van der Waals surface area contributed by atoms with Gasteiger partial charge in [0.15, 0.2) is 0 Å². The maximum Gasteiger partial charge on any atom is 0.254 e. The fourth-order valence-electron chi connectivity index (χ4n) is 3.31. The summed E-state index contributed by atoms with van der Waals surface area (Å²) in [4.78, 5) is 28.1. The third-order valence-electron chi connectivity index (χ3n) is 4.69. The van der Waals surface area contributed by atoms with Crippen LogP contribution in [0.4, 0.5) is 0 Å². The largest absolute Gasteiger partial charge is 0.332 e. The van der Waals surface area contributed by atoms with E-state index in [0.29, 0.717) is 24.4 Å². The number of amides is 2. The number of nitrogens with zero attached hydrogens (tertiary/aromatic N) is 5. The molecule has 1 aromatic heterocycles. The van der Waals surface area contributed by atoms with Crippen LogP contribution in [0.5, 0.6) is 0 Å². The van der Waals surface area contributed by atoms with Crippen LogP contribution in [-0.2, 0) is 11.8 Å². The monoisotopic (exact) mass is 339 g/mol. The molecule has 2 amide bonds. The van der Waals surface area contributed by atoms with Gasteiger partial charge in [0, 0.05) is 31.6 Å². The van der Waals surface area contributed by atoms with Crippen LogP contribution in [0.15, 0.2) is 24.4 Å². The fraction of sp³-hybridized carbons (Fsp3) is 0.444. The highest BCUT2D eigenvalue weighted by molar-refractivity contribution is 5.99. The van der Waals surface area contributed by atoms with Gasteiger partial charge >= 0.3 is 0 Å². The van der Waals surface area contributed by atoms with Crippen molar-refractivity contribution >= 4 is 22.7 Å². The summed E-state index contributed by atoms with van der Waals surface area (Å²) in [7, 11) is 3.43. The number of rotatable bonds is 3. The van der Waals surface area contributed by atoms with Gasteiger partial charge in [-0.05, 0) is 24.5 Å². The molecular formula is C18H21N5O2. The summed E-state index contributed by atoms with van der Waals surface area (Å²) in [5.74, 6) is -0.104. The van der Waals surface area contributed by atoms with Crippen molar-refractivity contribution in [2.75, 3.05) is 20.1 Å². The molecule has 0 saturated carbocycles. The highest BCUT2D eigenvalue weighted by Crippen LogP contribution is 2.22. The minimum absolute atomic E-state index is 0.0346. The molecule has 1 saturated heterocycles. The molecule has 1 fully saturated rings. The van der Waals surface area contributed by atoms with E-state index < -0.39 is 6.04 Å². The van der Waals surface area contributed by atoms with Gasteiger partial charge < -0.3 is 9.80 Å². The smallest absolute Gasteiger partial charge is 0.254 e. The van der Waals surface area contributed by atoms with Gasteiger partial charge in [0.25, 0.3) is 5.91 Å². The van der Waals surface area contributed by atoms with Crippen LogP contribution < -0.4 is 0 Å².